The fourth-order valence-corrected chi connectivity index (χ4v) is 2.79. The van der Waals surface area contributed by atoms with E-state index in [1.54, 1.807) is 24.4 Å². The third kappa shape index (κ3) is 3.66. The second kappa shape index (κ2) is 6.48. The molecule has 0 fully saturated rings. The van der Waals surface area contributed by atoms with Crippen LogP contribution in [0.2, 0.25) is 0 Å². The summed E-state index contributed by atoms with van der Waals surface area (Å²) in [6.07, 6.45) is 3.11. The highest BCUT2D eigenvalue weighted by Gasteiger charge is 2.23. The van der Waals surface area contributed by atoms with Gasteiger partial charge in [-0.2, -0.15) is 0 Å². The SMILES string of the molecule is CS(=O)c1nccc(-c2[nH]c(C(C)(C)C)nc2-c2ccc(F)cc2)n1. The van der Waals surface area contributed by atoms with E-state index in [1.165, 1.54) is 18.4 Å². The zero-order chi connectivity index (χ0) is 18.2. The second-order valence-corrected chi connectivity index (χ2v) is 8.02. The van der Waals surface area contributed by atoms with Gasteiger partial charge in [0, 0.05) is 23.4 Å². The van der Waals surface area contributed by atoms with Crippen molar-refractivity contribution < 1.29 is 8.60 Å². The Morgan fingerprint density at radius 1 is 1.08 bits per heavy atom. The molecule has 130 valence electrons. The van der Waals surface area contributed by atoms with E-state index in [-0.39, 0.29) is 16.4 Å². The molecule has 25 heavy (non-hydrogen) atoms. The molecule has 0 saturated heterocycles. The van der Waals surface area contributed by atoms with Gasteiger partial charge in [-0.3, -0.25) is 4.21 Å². The number of nitrogens with zero attached hydrogens (tertiary/aromatic N) is 3. The molecule has 0 bridgehead atoms. The van der Waals surface area contributed by atoms with Gasteiger partial charge in [-0.1, -0.05) is 20.8 Å². The lowest BCUT2D eigenvalue weighted by atomic mass is 9.96. The van der Waals surface area contributed by atoms with E-state index in [0.29, 0.717) is 17.1 Å². The largest absolute Gasteiger partial charge is 0.340 e. The maximum absolute atomic E-state index is 13.3. The van der Waals surface area contributed by atoms with E-state index in [4.69, 9.17) is 4.98 Å². The molecule has 0 aliphatic heterocycles. The van der Waals surface area contributed by atoms with Crippen LogP contribution in [0, 0.1) is 5.82 Å². The molecule has 0 saturated carbocycles. The molecule has 3 aromatic rings. The van der Waals surface area contributed by atoms with Gasteiger partial charge in [0.2, 0.25) is 5.16 Å². The summed E-state index contributed by atoms with van der Waals surface area (Å²) < 4.78 is 25.0. The van der Waals surface area contributed by atoms with Crippen LogP contribution in [0.5, 0.6) is 0 Å². The number of imidazole rings is 1. The van der Waals surface area contributed by atoms with Crippen molar-refractivity contribution >= 4 is 10.8 Å². The van der Waals surface area contributed by atoms with Gasteiger partial charge in [-0.05, 0) is 30.3 Å². The van der Waals surface area contributed by atoms with Crippen molar-refractivity contribution in [3.8, 4) is 22.6 Å². The first kappa shape index (κ1) is 17.4. The molecule has 0 radical (unpaired) electrons. The Kier molecular flexibility index (Phi) is 4.51. The third-order valence-electron chi connectivity index (χ3n) is 3.68. The molecule has 7 heteroatoms. The summed E-state index contributed by atoms with van der Waals surface area (Å²) in [5.41, 5.74) is 2.56. The molecule has 5 nitrogen and oxygen atoms in total. The Labute approximate surface area is 148 Å². The molecule has 1 N–H and O–H groups in total. The summed E-state index contributed by atoms with van der Waals surface area (Å²) in [5.74, 6) is 0.488. The van der Waals surface area contributed by atoms with Crippen molar-refractivity contribution in [3.05, 3.63) is 48.2 Å². The van der Waals surface area contributed by atoms with Crippen molar-refractivity contribution in [1.82, 2.24) is 19.9 Å². The summed E-state index contributed by atoms with van der Waals surface area (Å²) in [6, 6.07) is 7.90. The summed E-state index contributed by atoms with van der Waals surface area (Å²) in [6.45, 7) is 6.16. The van der Waals surface area contributed by atoms with Crippen LogP contribution in [-0.2, 0) is 16.2 Å². The zero-order valence-electron chi connectivity index (χ0n) is 14.5. The Balaban J connectivity index is 2.21. The Bertz CT molecular complexity index is 929. The van der Waals surface area contributed by atoms with E-state index in [9.17, 15) is 8.60 Å². The average Bonchev–Trinajstić information content (AvgIpc) is 3.01. The number of hydrogen-bond acceptors (Lipinski definition) is 4. The van der Waals surface area contributed by atoms with Crippen LogP contribution in [0.1, 0.15) is 26.6 Å². The predicted molar refractivity (Wildman–Crippen MR) is 96.0 cm³/mol. The van der Waals surface area contributed by atoms with Crippen LogP contribution < -0.4 is 0 Å². The van der Waals surface area contributed by atoms with E-state index in [2.05, 4.69) is 35.7 Å². The highest BCUT2D eigenvalue weighted by atomic mass is 32.2. The summed E-state index contributed by atoms with van der Waals surface area (Å²) in [4.78, 5) is 16.5. The Hall–Kier alpha value is -2.41. The fraction of sp³-hybridized carbons (Fsp3) is 0.278. The minimum Gasteiger partial charge on any atom is -0.340 e. The van der Waals surface area contributed by atoms with Gasteiger partial charge < -0.3 is 4.98 Å². The van der Waals surface area contributed by atoms with Crippen molar-refractivity contribution in [2.45, 2.75) is 31.3 Å². The van der Waals surface area contributed by atoms with Gasteiger partial charge in [0.05, 0.1) is 27.9 Å². The fourth-order valence-electron chi connectivity index (χ4n) is 2.35. The van der Waals surface area contributed by atoms with Crippen molar-refractivity contribution in [2.75, 3.05) is 6.26 Å². The summed E-state index contributed by atoms with van der Waals surface area (Å²) in [5, 5.41) is 0.259. The van der Waals surface area contributed by atoms with Gasteiger partial charge in [-0.25, -0.2) is 19.3 Å². The number of halogens is 1. The van der Waals surface area contributed by atoms with Gasteiger partial charge >= 0.3 is 0 Å². The molecule has 1 unspecified atom stereocenters. The highest BCUT2D eigenvalue weighted by molar-refractivity contribution is 7.84. The van der Waals surface area contributed by atoms with Crippen LogP contribution in [0.15, 0.2) is 41.7 Å². The zero-order valence-corrected chi connectivity index (χ0v) is 15.3. The van der Waals surface area contributed by atoms with E-state index < -0.39 is 10.8 Å². The van der Waals surface area contributed by atoms with Crippen molar-refractivity contribution in [2.24, 2.45) is 0 Å². The van der Waals surface area contributed by atoms with Crippen LogP contribution >= 0.6 is 0 Å². The first-order chi connectivity index (χ1) is 11.8. The number of aromatic nitrogens is 4. The molecule has 2 aromatic heterocycles. The Morgan fingerprint density at radius 3 is 2.36 bits per heavy atom. The van der Waals surface area contributed by atoms with Crippen LogP contribution in [0.4, 0.5) is 4.39 Å². The lowest BCUT2D eigenvalue weighted by Gasteiger charge is -2.14. The van der Waals surface area contributed by atoms with E-state index in [1.807, 2.05) is 0 Å². The molecule has 0 aliphatic rings. The first-order valence-electron chi connectivity index (χ1n) is 7.79. The van der Waals surface area contributed by atoms with Gasteiger partial charge in [0.15, 0.2) is 0 Å². The van der Waals surface area contributed by atoms with Gasteiger partial charge in [0.25, 0.3) is 0 Å². The monoisotopic (exact) mass is 358 g/mol. The standard InChI is InChI=1S/C18H19FN4OS/c1-18(2,3)16-22-14(11-5-7-12(19)8-6-11)15(23-16)13-9-10-20-17(21-13)25(4)24/h5-10H,1-4H3,(H,22,23). The van der Waals surface area contributed by atoms with Crippen LogP contribution in [0.25, 0.3) is 22.6 Å². The second-order valence-electron chi connectivity index (χ2n) is 6.74. The molecular formula is C18H19FN4OS. The van der Waals surface area contributed by atoms with Crippen LogP contribution in [-0.4, -0.2) is 30.4 Å². The minimum absolute atomic E-state index is 0.198. The normalized spacial score (nSPS) is 13.0. The molecule has 1 atom stereocenters. The smallest absolute Gasteiger partial charge is 0.218 e. The number of nitrogens with one attached hydrogen (secondary N) is 1. The molecular weight excluding hydrogens is 339 g/mol. The molecule has 1 aromatic carbocycles. The van der Waals surface area contributed by atoms with E-state index in [0.717, 1.165) is 11.4 Å². The predicted octanol–water partition coefficient (Wildman–Crippen LogP) is 3.71. The molecule has 0 amide bonds. The maximum atomic E-state index is 13.3. The highest BCUT2D eigenvalue weighted by Crippen LogP contribution is 2.32. The molecule has 0 spiro atoms. The first-order valence-corrected chi connectivity index (χ1v) is 9.35. The third-order valence-corrected chi connectivity index (χ3v) is 4.39. The van der Waals surface area contributed by atoms with Crippen LogP contribution in [0.3, 0.4) is 0 Å². The van der Waals surface area contributed by atoms with Gasteiger partial charge in [0.1, 0.15) is 11.6 Å². The van der Waals surface area contributed by atoms with E-state index >= 15 is 0 Å². The van der Waals surface area contributed by atoms with Gasteiger partial charge in [-0.15, -0.1) is 0 Å². The Morgan fingerprint density at radius 2 is 1.76 bits per heavy atom. The number of H-pyrrole nitrogens is 1. The van der Waals surface area contributed by atoms with Crippen molar-refractivity contribution in [1.29, 1.82) is 0 Å². The number of aromatic amines is 1. The molecule has 2 heterocycles. The average molecular weight is 358 g/mol. The number of rotatable bonds is 3. The van der Waals surface area contributed by atoms with Crippen molar-refractivity contribution in [3.63, 3.8) is 0 Å². The topological polar surface area (TPSA) is 71.5 Å². The lowest BCUT2D eigenvalue weighted by Crippen LogP contribution is -2.13. The summed E-state index contributed by atoms with van der Waals surface area (Å²) >= 11 is 0. The molecule has 0 aliphatic carbocycles. The molecule has 3 rings (SSSR count). The number of benzene rings is 1. The maximum Gasteiger partial charge on any atom is 0.218 e. The minimum atomic E-state index is -1.28. The lowest BCUT2D eigenvalue weighted by molar-refractivity contribution is 0.553. The summed E-state index contributed by atoms with van der Waals surface area (Å²) in [7, 11) is -1.28. The quantitative estimate of drug-likeness (QED) is 0.725. The number of hydrogen-bond donors (Lipinski definition) is 1.